The van der Waals surface area contributed by atoms with Crippen molar-refractivity contribution >= 4 is 21.7 Å². The van der Waals surface area contributed by atoms with Crippen LogP contribution in [-0.4, -0.2) is 54.7 Å². The van der Waals surface area contributed by atoms with Gasteiger partial charge in [-0.2, -0.15) is 9.40 Å². The van der Waals surface area contributed by atoms with E-state index in [9.17, 15) is 13.2 Å². The van der Waals surface area contributed by atoms with Gasteiger partial charge in [-0.25, -0.2) is 13.1 Å². The Morgan fingerprint density at radius 1 is 1.12 bits per heavy atom. The van der Waals surface area contributed by atoms with E-state index in [0.717, 1.165) is 24.8 Å². The number of sulfonamides is 1. The summed E-state index contributed by atoms with van der Waals surface area (Å²) in [5.74, 6) is 0.265. The molecule has 1 aliphatic carbocycles. The van der Waals surface area contributed by atoms with Crippen LogP contribution in [0.25, 0.3) is 0 Å². The first-order valence-electron chi connectivity index (χ1n) is 11.6. The fourth-order valence-electron chi connectivity index (χ4n) is 4.74. The molecule has 34 heavy (non-hydrogen) atoms. The molecule has 2 heterocycles. The Kier molecular flexibility index (Phi) is 6.24. The van der Waals surface area contributed by atoms with Gasteiger partial charge in [0.05, 0.1) is 30.3 Å². The van der Waals surface area contributed by atoms with Gasteiger partial charge in [0, 0.05) is 24.2 Å². The van der Waals surface area contributed by atoms with Crippen LogP contribution in [0.5, 0.6) is 0 Å². The van der Waals surface area contributed by atoms with Crippen molar-refractivity contribution in [3.8, 4) is 0 Å². The van der Waals surface area contributed by atoms with Crippen LogP contribution in [0.4, 0.5) is 5.82 Å². The second-order valence-corrected chi connectivity index (χ2v) is 10.7. The summed E-state index contributed by atoms with van der Waals surface area (Å²) >= 11 is 0. The Hall–Kier alpha value is -3.01. The maximum atomic E-state index is 13.2. The lowest BCUT2D eigenvalue weighted by molar-refractivity contribution is 0.0730. The quantitative estimate of drug-likeness (QED) is 0.604. The summed E-state index contributed by atoms with van der Waals surface area (Å²) in [4.78, 5) is 13.3. The summed E-state index contributed by atoms with van der Waals surface area (Å²) in [6, 6.07) is 14.6. The van der Waals surface area contributed by atoms with E-state index in [1.54, 1.807) is 18.3 Å². The van der Waals surface area contributed by atoms with Gasteiger partial charge < -0.3 is 10.1 Å². The molecule has 1 aromatic heterocycles. The first-order valence-corrected chi connectivity index (χ1v) is 13.0. The van der Waals surface area contributed by atoms with Crippen LogP contribution in [0.2, 0.25) is 0 Å². The van der Waals surface area contributed by atoms with Crippen molar-refractivity contribution in [2.45, 2.75) is 37.1 Å². The number of ether oxygens (including phenoxy) is 1. The average molecular weight is 481 g/mol. The van der Waals surface area contributed by atoms with E-state index in [0.29, 0.717) is 32.1 Å². The molecule has 2 aliphatic rings. The molecule has 2 aromatic carbocycles. The predicted molar refractivity (Wildman–Crippen MR) is 128 cm³/mol. The monoisotopic (exact) mass is 480 g/mol. The number of hydrogen-bond acceptors (Lipinski definition) is 5. The molecular formula is C25H28N4O4S. The number of hydrogen-bond donors (Lipinski definition) is 1. The molecule has 8 nitrogen and oxygen atoms in total. The second-order valence-electron chi connectivity index (χ2n) is 8.73. The second kappa shape index (κ2) is 9.32. The largest absolute Gasteiger partial charge is 0.379 e. The van der Waals surface area contributed by atoms with Crippen LogP contribution in [0.3, 0.4) is 0 Å². The molecule has 178 valence electrons. The molecule has 1 atom stereocenters. The summed E-state index contributed by atoms with van der Waals surface area (Å²) in [6.45, 7) is 3.26. The average Bonchev–Trinajstić information content (AvgIpc) is 3.23. The molecule has 0 bridgehead atoms. The number of nitrogens with one attached hydrogen (secondary N) is 1. The van der Waals surface area contributed by atoms with Crippen molar-refractivity contribution in [1.82, 2.24) is 14.1 Å². The van der Waals surface area contributed by atoms with Crippen molar-refractivity contribution in [1.29, 1.82) is 0 Å². The summed E-state index contributed by atoms with van der Waals surface area (Å²) in [5, 5.41) is 7.59. The Morgan fingerprint density at radius 2 is 1.91 bits per heavy atom. The minimum atomic E-state index is -3.69. The van der Waals surface area contributed by atoms with E-state index in [2.05, 4.69) is 28.6 Å². The van der Waals surface area contributed by atoms with Crippen LogP contribution < -0.4 is 5.32 Å². The molecule has 1 saturated heterocycles. The van der Waals surface area contributed by atoms with Gasteiger partial charge in [-0.05, 0) is 55.5 Å². The van der Waals surface area contributed by atoms with Gasteiger partial charge in [0.25, 0.3) is 5.91 Å². The van der Waals surface area contributed by atoms with Crippen LogP contribution in [0.1, 0.15) is 45.9 Å². The summed E-state index contributed by atoms with van der Waals surface area (Å²) in [5.41, 5.74) is 3.68. The third-order valence-corrected chi connectivity index (χ3v) is 8.44. The molecule has 1 N–H and O–H groups in total. The van der Waals surface area contributed by atoms with Gasteiger partial charge in [0.2, 0.25) is 10.0 Å². The minimum absolute atomic E-state index is 0.0435. The summed E-state index contributed by atoms with van der Waals surface area (Å²) < 4.78 is 34.6. The van der Waals surface area contributed by atoms with Gasteiger partial charge in [0.15, 0.2) is 0 Å². The van der Waals surface area contributed by atoms with Crippen molar-refractivity contribution in [3.63, 3.8) is 0 Å². The number of fused-ring (bicyclic) bond motifs is 1. The molecule has 3 aromatic rings. The van der Waals surface area contributed by atoms with Crippen LogP contribution in [0, 0.1) is 6.92 Å². The Balaban J connectivity index is 1.42. The normalized spacial score (nSPS) is 18.9. The van der Waals surface area contributed by atoms with E-state index >= 15 is 0 Å². The lowest BCUT2D eigenvalue weighted by atomic mass is 9.88. The van der Waals surface area contributed by atoms with E-state index < -0.39 is 10.0 Å². The summed E-state index contributed by atoms with van der Waals surface area (Å²) in [7, 11) is -3.69. The maximum Gasteiger partial charge on any atom is 0.256 e. The van der Waals surface area contributed by atoms with Crippen LogP contribution in [0.15, 0.2) is 59.6 Å². The van der Waals surface area contributed by atoms with Crippen molar-refractivity contribution in [3.05, 3.63) is 77.0 Å². The van der Waals surface area contributed by atoms with Crippen molar-refractivity contribution in [2.24, 2.45) is 0 Å². The van der Waals surface area contributed by atoms with Crippen LogP contribution in [-0.2, 0) is 21.2 Å². The number of anilines is 1. The third-order valence-electron chi connectivity index (χ3n) is 6.55. The zero-order valence-electron chi connectivity index (χ0n) is 19.1. The van der Waals surface area contributed by atoms with E-state index in [-0.39, 0.29) is 22.4 Å². The number of nitrogens with zero attached hydrogens (tertiary/aromatic N) is 3. The standard InChI is InChI=1S/C25H28N4O4S/c1-18-17-26-29(23-11-5-7-19-6-2-3-10-22(19)23)24(18)27-25(30)20-8-4-9-21(16-20)34(31,32)28-12-14-33-15-13-28/h2-4,6,8-10,16-17,23H,5,7,11-15H2,1H3,(H,27,30)/t23-/m0/s1. The number of amides is 1. The van der Waals surface area contributed by atoms with Gasteiger partial charge in [-0.3, -0.25) is 4.79 Å². The highest BCUT2D eigenvalue weighted by atomic mass is 32.2. The van der Waals surface area contributed by atoms with Crippen molar-refractivity contribution in [2.75, 3.05) is 31.6 Å². The number of aryl methyl sites for hydroxylation is 2. The highest BCUT2D eigenvalue weighted by Gasteiger charge is 2.28. The highest BCUT2D eigenvalue weighted by molar-refractivity contribution is 7.89. The number of morpholine rings is 1. The topological polar surface area (TPSA) is 93.5 Å². The molecule has 9 heteroatoms. The zero-order valence-corrected chi connectivity index (χ0v) is 19.9. The molecule has 5 rings (SSSR count). The number of carbonyl (C=O) groups excluding carboxylic acids is 1. The zero-order chi connectivity index (χ0) is 23.7. The fraction of sp³-hybridized carbons (Fsp3) is 0.360. The van der Waals surface area contributed by atoms with E-state index in [1.165, 1.54) is 27.6 Å². The molecule has 1 aliphatic heterocycles. The molecule has 0 spiro atoms. The SMILES string of the molecule is Cc1cnn([C@H]2CCCc3ccccc32)c1NC(=O)c1cccc(S(=O)(=O)N2CCOCC2)c1. The van der Waals surface area contributed by atoms with E-state index in [1.807, 2.05) is 17.7 Å². The first kappa shape index (κ1) is 22.8. The Morgan fingerprint density at radius 3 is 2.74 bits per heavy atom. The fourth-order valence-corrected chi connectivity index (χ4v) is 6.19. The lowest BCUT2D eigenvalue weighted by Gasteiger charge is -2.27. The number of rotatable bonds is 5. The molecule has 1 fully saturated rings. The van der Waals surface area contributed by atoms with Gasteiger partial charge in [0.1, 0.15) is 5.82 Å². The molecule has 0 saturated carbocycles. The number of benzene rings is 2. The smallest absolute Gasteiger partial charge is 0.256 e. The summed E-state index contributed by atoms with van der Waals surface area (Å²) in [6.07, 6.45) is 4.79. The maximum absolute atomic E-state index is 13.2. The molecule has 0 radical (unpaired) electrons. The van der Waals surface area contributed by atoms with Crippen molar-refractivity contribution < 1.29 is 17.9 Å². The van der Waals surface area contributed by atoms with Gasteiger partial charge in [-0.15, -0.1) is 0 Å². The van der Waals surface area contributed by atoms with E-state index in [4.69, 9.17) is 4.74 Å². The van der Waals surface area contributed by atoms with Gasteiger partial charge >= 0.3 is 0 Å². The number of aromatic nitrogens is 2. The predicted octanol–water partition coefficient (Wildman–Crippen LogP) is 3.39. The number of carbonyl (C=O) groups is 1. The first-order chi connectivity index (χ1) is 16.4. The molecule has 0 unspecified atom stereocenters. The molecular weight excluding hydrogens is 452 g/mol. The highest BCUT2D eigenvalue weighted by Crippen LogP contribution is 2.35. The molecule has 1 amide bonds. The third kappa shape index (κ3) is 4.26. The minimum Gasteiger partial charge on any atom is -0.379 e. The Bertz CT molecular complexity index is 1310. The Labute approximate surface area is 199 Å². The van der Waals surface area contributed by atoms with Crippen LogP contribution >= 0.6 is 0 Å². The lowest BCUT2D eigenvalue weighted by Crippen LogP contribution is -2.40. The van der Waals surface area contributed by atoms with Gasteiger partial charge in [-0.1, -0.05) is 30.3 Å².